The molecule has 2 aromatic rings. The minimum Gasteiger partial charge on any atom is -0.598 e. The molecule has 35 heavy (non-hydrogen) atoms. The van der Waals surface area contributed by atoms with Gasteiger partial charge in [-0.1, -0.05) is 24.6 Å². The Bertz CT molecular complexity index is 1050. The zero-order valence-electron chi connectivity index (χ0n) is 20.3. The fourth-order valence-corrected chi connectivity index (χ4v) is 4.26. The second-order valence-electron chi connectivity index (χ2n) is 9.50. The first-order valence-electron chi connectivity index (χ1n) is 11.5. The number of carbonyl (C=O) groups is 1. The minimum absolute atomic E-state index is 0.0274. The van der Waals surface area contributed by atoms with Crippen LogP contribution in [0.3, 0.4) is 0 Å². The maximum absolute atomic E-state index is 15.5. The molecule has 0 saturated heterocycles. The number of benzene rings is 2. The summed E-state index contributed by atoms with van der Waals surface area (Å²) in [7, 11) is 0. The summed E-state index contributed by atoms with van der Waals surface area (Å²) < 4.78 is 55.6. The van der Waals surface area contributed by atoms with Crippen LogP contribution in [0.1, 0.15) is 64.1 Å². The summed E-state index contributed by atoms with van der Waals surface area (Å²) in [5.74, 6) is -0.911. The van der Waals surface area contributed by atoms with Crippen LogP contribution < -0.4 is 14.8 Å². The highest BCUT2D eigenvalue weighted by molar-refractivity contribution is 7.90. The molecule has 1 saturated carbocycles. The van der Waals surface area contributed by atoms with Crippen LogP contribution in [-0.2, 0) is 22.7 Å². The van der Waals surface area contributed by atoms with E-state index in [-0.39, 0.29) is 34.3 Å². The molecule has 0 heterocycles. The molecule has 2 N–H and O–H groups in total. The number of rotatable bonds is 10. The molecule has 1 aliphatic rings. The molecule has 2 atom stereocenters. The van der Waals surface area contributed by atoms with Gasteiger partial charge < -0.3 is 19.3 Å². The summed E-state index contributed by atoms with van der Waals surface area (Å²) >= 11 is 4.80. The van der Waals surface area contributed by atoms with Crippen molar-refractivity contribution >= 4 is 29.1 Å². The third-order valence-corrected chi connectivity index (χ3v) is 7.40. The molecule has 0 aliphatic heterocycles. The van der Waals surface area contributed by atoms with Gasteiger partial charge in [-0.3, -0.25) is 0 Å². The van der Waals surface area contributed by atoms with Gasteiger partial charge >= 0.3 is 6.09 Å². The number of amides is 1. The standard InChI is InChI=1S/C25H31ClF2N2O4S/c1-5-21(30-35(32)25(2,3)4)18-9-10-19(26)23(22(18)28)34-17-8-11-20(27)16(12-17)14-33-24(31)29-13-15-6-7-15/h8-12,15,21,30H,5-7,13-14H2,1-4H3,(H,29,31)/t21-,35?/m1/s1. The summed E-state index contributed by atoms with van der Waals surface area (Å²) in [5.41, 5.74) is 0.327. The molecule has 1 amide bonds. The minimum atomic E-state index is -1.42. The first-order valence-corrected chi connectivity index (χ1v) is 13.0. The zero-order valence-corrected chi connectivity index (χ0v) is 21.8. The molecule has 1 unspecified atom stereocenters. The quantitative estimate of drug-likeness (QED) is 0.342. The van der Waals surface area contributed by atoms with Crippen molar-refractivity contribution in [3.05, 3.63) is 58.1 Å². The lowest BCUT2D eigenvalue weighted by molar-refractivity contribution is 0.138. The Hall–Kier alpha value is -2.07. The molecule has 1 aliphatic carbocycles. The number of carbonyl (C=O) groups excluding carboxylic acids is 1. The summed E-state index contributed by atoms with van der Waals surface area (Å²) in [6.45, 7) is 7.54. The van der Waals surface area contributed by atoms with Crippen molar-refractivity contribution < 1.29 is 27.6 Å². The van der Waals surface area contributed by atoms with E-state index in [2.05, 4.69) is 10.0 Å². The second-order valence-corrected chi connectivity index (χ2v) is 11.9. The second kappa shape index (κ2) is 11.8. The third kappa shape index (κ3) is 7.70. The topological polar surface area (TPSA) is 82.7 Å². The van der Waals surface area contributed by atoms with Crippen molar-refractivity contribution in [2.75, 3.05) is 6.54 Å². The molecule has 3 rings (SSSR count). The van der Waals surface area contributed by atoms with Gasteiger partial charge in [-0.2, -0.15) is 0 Å². The van der Waals surface area contributed by atoms with Crippen LogP contribution in [0.2, 0.25) is 5.02 Å². The Morgan fingerprint density at radius 2 is 1.97 bits per heavy atom. The van der Waals surface area contributed by atoms with E-state index < -0.39 is 39.9 Å². The largest absolute Gasteiger partial charge is 0.598 e. The molecule has 0 bridgehead atoms. The Morgan fingerprint density at radius 3 is 2.60 bits per heavy atom. The number of hydrogen-bond donors (Lipinski definition) is 2. The van der Waals surface area contributed by atoms with Gasteiger partial charge in [0.25, 0.3) is 0 Å². The van der Waals surface area contributed by atoms with Crippen LogP contribution in [0.25, 0.3) is 0 Å². The van der Waals surface area contributed by atoms with Gasteiger partial charge in [0.15, 0.2) is 11.6 Å². The number of ether oxygens (including phenoxy) is 2. The van der Waals surface area contributed by atoms with E-state index in [4.69, 9.17) is 21.1 Å². The molecule has 6 nitrogen and oxygen atoms in total. The zero-order chi connectivity index (χ0) is 25.8. The van der Waals surface area contributed by atoms with Gasteiger partial charge in [0.1, 0.15) is 22.9 Å². The van der Waals surface area contributed by atoms with E-state index in [0.717, 1.165) is 18.9 Å². The summed E-state index contributed by atoms with van der Waals surface area (Å²) in [6.07, 6.45) is 2.01. The molecule has 192 valence electrons. The van der Waals surface area contributed by atoms with E-state index in [1.54, 1.807) is 0 Å². The smallest absolute Gasteiger partial charge is 0.407 e. The lowest BCUT2D eigenvalue weighted by atomic mass is 10.0. The fraction of sp³-hybridized carbons (Fsp3) is 0.480. The molecule has 0 aromatic heterocycles. The predicted molar refractivity (Wildman–Crippen MR) is 133 cm³/mol. The average Bonchev–Trinajstić information content (AvgIpc) is 3.63. The Kier molecular flexibility index (Phi) is 9.26. The monoisotopic (exact) mass is 528 g/mol. The maximum atomic E-state index is 15.5. The van der Waals surface area contributed by atoms with Gasteiger partial charge in [0.2, 0.25) is 0 Å². The summed E-state index contributed by atoms with van der Waals surface area (Å²) in [4.78, 5) is 11.8. The number of hydrogen-bond acceptors (Lipinski definition) is 5. The molecule has 0 radical (unpaired) electrons. The first-order chi connectivity index (χ1) is 16.5. The van der Waals surface area contributed by atoms with E-state index in [0.29, 0.717) is 18.9 Å². The Labute approximate surface area is 213 Å². The van der Waals surface area contributed by atoms with Crippen LogP contribution >= 0.6 is 11.6 Å². The van der Waals surface area contributed by atoms with E-state index in [1.165, 1.54) is 24.3 Å². The molecule has 0 spiro atoms. The average molecular weight is 529 g/mol. The number of alkyl carbamates (subject to hydrolysis) is 1. The van der Waals surface area contributed by atoms with Gasteiger partial charge in [-0.05, 0) is 70.2 Å². The molecular formula is C25H31ClF2N2O4S. The van der Waals surface area contributed by atoms with Crippen molar-refractivity contribution in [2.24, 2.45) is 5.92 Å². The maximum Gasteiger partial charge on any atom is 0.407 e. The Morgan fingerprint density at radius 1 is 1.26 bits per heavy atom. The normalized spacial score (nSPS) is 15.4. The molecule has 10 heteroatoms. The van der Waals surface area contributed by atoms with Crippen LogP contribution in [0.5, 0.6) is 11.5 Å². The van der Waals surface area contributed by atoms with Crippen LogP contribution in [0, 0.1) is 17.6 Å². The molecular weight excluding hydrogens is 498 g/mol. The highest BCUT2D eigenvalue weighted by Gasteiger charge is 2.31. The first kappa shape index (κ1) is 27.5. The van der Waals surface area contributed by atoms with Crippen LogP contribution in [0.15, 0.2) is 30.3 Å². The van der Waals surface area contributed by atoms with Crippen LogP contribution in [-0.4, -0.2) is 21.9 Å². The van der Waals surface area contributed by atoms with E-state index in [9.17, 15) is 13.7 Å². The molecule has 2 aromatic carbocycles. The SMILES string of the molecule is CC[C@@H](N[S+]([O-])C(C)(C)C)c1ccc(Cl)c(Oc2ccc(F)c(COC(=O)NCC3CC3)c2)c1F. The lowest BCUT2D eigenvalue weighted by Gasteiger charge is -2.28. The van der Waals surface area contributed by atoms with Gasteiger partial charge in [0, 0.05) is 29.0 Å². The Balaban J connectivity index is 1.75. The lowest BCUT2D eigenvalue weighted by Crippen LogP contribution is -2.41. The van der Waals surface area contributed by atoms with Crippen molar-refractivity contribution in [3.8, 4) is 11.5 Å². The fourth-order valence-electron chi connectivity index (χ4n) is 3.17. The third-order valence-electron chi connectivity index (χ3n) is 5.50. The summed E-state index contributed by atoms with van der Waals surface area (Å²) in [6, 6.07) is 6.29. The van der Waals surface area contributed by atoms with E-state index >= 15 is 4.39 Å². The van der Waals surface area contributed by atoms with Gasteiger partial charge in [0.05, 0.1) is 11.1 Å². The van der Waals surface area contributed by atoms with Crippen molar-refractivity contribution in [1.29, 1.82) is 0 Å². The summed E-state index contributed by atoms with van der Waals surface area (Å²) in [5, 5.41) is 2.67. The molecule has 1 fully saturated rings. The number of nitrogens with one attached hydrogen (secondary N) is 2. The predicted octanol–water partition coefficient (Wildman–Crippen LogP) is 6.55. The van der Waals surface area contributed by atoms with Gasteiger partial charge in [-0.25, -0.2) is 13.6 Å². The van der Waals surface area contributed by atoms with Gasteiger partial charge in [-0.15, -0.1) is 4.72 Å². The highest BCUT2D eigenvalue weighted by Crippen LogP contribution is 2.37. The van der Waals surface area contributed by atoms with E-state index in [1.807, 2.05) is 27.7 Å². The number of halogens is 3. The van der Waals surface area contributed by atoms with Crippen molar-refractivity contribution in [2.45, 2.75) is 64.4 Å². The highest BCUT2D eigenvalue weighted by atomic mass is 35.5. The van der Waals surface area contributed by atoms with Crippen molar-refractivity contribution in [3.63, 3.8) is 0 Å². The van der Waals surface area contributed by atoms with Crippen molar-refractivity contribution in [1.82, 2.24) is 10.0 Å². The van der Waals surface area contributed by atoms with Crippen LogP contribution in [0.4, 0.5) is 13.6 Å².